The largest absolute Gasteiger partial charge is 0.399 e. The van der Waals surface area contributed by atoms with Gasteiger partial charge >= 0.3 is 0 Å². The molecule has 2 nitrogen and oxygen atoms in total. The van der Waals surface area contributed by atoms with Crippen molar-refractivity contribution in [3.63, 3.8) is 0 Å². The Hall–Kier alpha value is -1.31. The molecule has 0 atom stereocenters. The zero-order valence-corrected chi connectivity index (χ0v) is 6.79. The molecule has 0 amide bonds. The summed E-state index contributed by atoms with van der Waals surface area (Å²) in [5, 5.41) is 0. The van der Waals surface area contributed by atoms with Crippen molar-refractivity contribution >= 4 is 11.5 Å². The molecule has 0 radical (unpaired) electrons. The number of rotatable bonds is 2. The molecule has 2 heteroatoms. The molecule has 1 saturated carbocycles. The minimum Gasteiger partial charge on any atom is -0.399 e. The number of nitrogens with two attached hydrogens (primary N) is 1. The monoisotopic (exact) mass is 161 g/mol. The van der Waals surface area contributed by atoms with Crippen molar-refractivity contribution in [2.45, 2.75) is 12.8 Å². The van der Waals surface area contributed by atoms with Crippen LogP contribution in [0, 0.1) is 5.92 Å². The summed E-state index contributed by atoms with van der Waals surface area (Å²) in [4.78, 5) is 11.5. The van der Waals surface area contributed by atoms with E-state index in [-0.39, 0.29) is 5.78 Å². The highest BCUT2D eigenvalue weighted by Crippen LogP contribution is 2.32. The van der Waals surface area contributed by atoms with Crippen LogP contribution in [0.5, 0.6) is 0 Å². The second kappa shape index (κ2) is 2.63. The Morgan fingerprint density at radius 1 is 1.25 bits per heavy atom. The smallest absolute Gasteiger partial charge is 0.165 e. The molecule has 1 aliphatic rings. The van der Waals surface area contributed by atoms with Crippen LogP contribution in [0.1, 0.15) is 23.2 Å². The molecule has 0 spiro atoms. The van der Waals surface area contributed by atoms with E-state index in [0.717, 1.165) is 18.4 Å². The molecule has 1 fully saturated rings. The first kappa shape index (κ1) is 7.35. The van der Waals surface area contributed by atoms with Crippen LogP contribution in [-0.2, 0) is 0 Å². The van der Waals surface area contributed by atoms with Crippen LogP contribution in [0.25, 0.3) is 0 Å². The highest BCUT2D eigenvalue weighted by atomic mass is 16.1. The van der Waals surface area contributed by atoms with E-state index in [1.807, 2.05) is 0 Å². The average Bonchev–Trinajstić information content (AvgIpc) is 2.87. The molecule has 0 heterocycles. The quantitative estimate of drug-likeness (QED) is 0.531. The lowest BCUT2D eigenvalue weighted by atomic mass is 10.1. The lowest BCUT2D eigenvalue weighted by molar-refractivity contribution is 0.0967. The van der Waals surface area contributed by atoms with Crippen molar-refractivity contribution in [1.82, 2.24) is 0 Å². The zero-order valence-electron chi connectivity index (χ0n) is 6.79. The maximum absolute atomic E-state index is 11.5. The minimum atomic E-state index is 0.273. The van der Waals surface area contributed by atoms with E-state index in [2.05, 4.69) is 0 Å². The van der Waals surface area contributed by atoms with Gasteiger partial charge in [0.05, 0.1) is 0 Å². The van der Waals surface area contributed by atoms with Gasteiger partial charge in [-0.3, -0.25) is 4.79 Å². The van der Waals surface area contributed by atoms with E-state index < -0.39 is 0 Å². The van der Waals surface area contributed by atoms with Gasteiger partial charge in [0.15, 0.2) is 5.78 Å². The van der Waals surface area contributed by atoms with E-state index in [4.69, 9.17) is 5.73 Å². The minimum absolute atomic E-state index is 0.273. The highest BCUT2D eigenvalue weighted by Gasteiger charge is 2.29. The second-order valence-corrected chi connectivity index (χ2v) is 3.26. The van der Waals surface area contributed by atoms with Crippen LogP contribution in [0.4, 0.5) is 5.69 Å². The summed E-state index contributed by atoms with van der Waals surface area (Å²) >= 11 is 0. The molecule has 0 aromatic heterocycles. The maximum atomic E-state index is 11.5. The second-order valence-electron chi connectivity index (χ2n) is 3.26. The third-order valence-electron chi connectivity index (χ3n) is 2.14. The first-order chi connectivity index (χ1) is 5.77. The molecule has 1 aromatic rings. The number of benzene rings is 1. The van der Waals surface area contributed by atoms with Gasteiger partial charge in [0, 0.05) is 17.2 Å². The van der Waals surface area contributed by atoms with Gasteiger partial charge in [-0.15, -0.1) is 0 Å². The number of carbonyl (C=O) groups is 1. The molecular weight excluding hydrogens is 150 g/mol. The molecule has 1 aliphatic carbocycles. The number of hydrogen-bond donors (Lipinski definition) is 1. The Kier molecular flexibility index (Phi) is 1.61. The predicted octanol–water partition coefficient (Wildman–Crippen LogP) is 1.86. The molecule has 2 N–H and O–H groups in total. The van der Waals surface area contributed by atoms with Gasteiger partial charge in [0.25, 0.3) is 0 Å². The van der Waals surface area contributed by atoms with Gasteiger partial charge in [-0.25, -0.2) is 0 Å². The molecule has 0 bridgehead atoms. The number of ketones is 1. The molecule has 62 valence electrons. The summed E-state index contributed by atoms with van der Waals surface area (Å²) in [6, 6.07) is 7.15. The Bertz CT molecular complexity index is 298. The Morgan fingerprint density at radius 3 is 2.33 bits per heavy atom. The van der Waals surface area contributed by atoms with E-state index in [1.54, 1.807) is 24.3 Å². The standard InChI is InChI=1S/C10H11NO/c11-9-5-3-8(4-6-9)10(12)7-1-2-7/h3-7H,1-2,11H2. The van der Waals surface area contributed by atoms with E-state index >= 15 is 0 Å². The van der Waals surface area contributed by atoms with Crippen molar-refractivity contribution in [2.75, 3.05) is 5.73 Å². The SMILES string of the molecule is Nc1ccc(C(=O)C2CC2)cc1. The fraction of sp³-hybridized carbons (Fsp3) is 0.300. The van der Waals surface area contributed by atoms with Crippen molar-refractivity contribution in [2.24, 2.45) is 5.92 Å². The normalized spacial score (nSPS) is 16.0. The van der Waals surface area contributed by atoms with Gasteiger partial charge in [0.2, 0.25) is 0 Å². The van der Waals surface area contributed by atoms with Crippen molar-refractivity contribution in [3.8, 4) is 0 Å². The molecule has 0 saturated heterocycles. The van der Waals surface area contributed by atoms with Gasteiger partial charge in [0.1, 0.15) is 0 Å². The van der Waals surface area contributed by atoms with Crippen molar-refractivity contribution in [3.05, 3.63) is 29.8 Å². The molecule has 0 unspecified atom stereocenters. The summed E-state index contributed by atoms with van der Waals surface area (Å²) in [6.07, 6.45) is 2.12. The number of carbonyl (C=O) groups excluding carboxylic acids is 1. The fourth-order valence-electron chi connectivity index (χ4n) is 1.23. The van der Waals surface area contributed by atoms with Gasteiger partial charge < -0.3 is 5.73 Å². The fourth-order valence-corrected chi connectivity index (χ4v) is 1.23. The van der Waals surface area contributed by atoms with Crippen LogP contribution in [0.3, 0.4) is 0 Å². The van der Waals surface area contributed by atoms with Crippen LogP contribution in [0.2, 0.25) is 0 Å². The molecule has 12 heavy (non-hydrogen) atoms. The first-order valence-electron chi connectivity index (χ1n) is 4.17. The summed E-state index contributed by atoms with van der Waals surface area (Å²) in [5.74, 6) is 0.573. The van der Waals surface area contributed by atoms with E-state index in [1.165, 1.54) is 0 Å². The Balaban J connectivity index is 2.22. The first-order valence-corrected chi connectivity index (χ1v) is 4.17. The molecule has 1 aromatic carbocycles. The maximum Gasteiger partial charge on any atom is 0.165 e. The summed E-state index contributed by atoms with van der Waals surface area (Å²) in [5.41, 5.74) is 7.02. The third kappa shape index (κ3) is 1.33. The van der Waals surface area contributed by atoms with E-state index in [9.17, 15) is 4.79 Å². The highest BCUT2D eigenvalue weighted by molar-refractivity contribution is 5.99. The lowest BCUT2D eigenvalue weighted by Gasteiger charge is -1.98. The van der Waals surface area contributed by atoms with E-state index in [0.29, 0.717) is 11.6 Å². The topological polar surface area (TPSA) is 43.1 Å². The van der Waals surface area contributed by atoms with Crippen LogP contribution in [0.15, 0.2) is 24.3 Å². The predicted molar refractivity (Wildman–Crippen MR) is 47.9 cm³/mol. The Morgan fingerprint density at radius 2 is 1.83 bits per heavy atom. The Labute approximate surface area is 71.4 Å². The van der Waals surface area contributed by atoms with Crippen molar-refractivity contribution in [1.29, 1.82) is 0 Å². The average molecular weight is 161 g/mol. The summed E-state index contributed by atoms with van der Waals surface area (Å²) in [7, 11) is 0. The van der Waals surface area contributed by atoms with Gasteiger partial charge in [-0.2, -0.15) is 0 Å². The summed E-state index contributed by atoms with van der Waals surface area (Å²) in [6.45, 7) is 0. The molecular formula is C10H11NO. The van der Waals surface area contributed by atoms with Gasteiger partial charge in [-0.1, -0.05) is 0 Å². The van der Waals surface area contributed by atoms with Crippen molar-refractivity contribution < 1.29 is 4.79 Å². The van der Waals surface area contributed by atoms with Crippen LogP contribution in [-0.4, -0.2) is 5.78 Å². The lowest BCUT2D eigenvalue weighted by Crippen LogP contribution is -2.00. The van der Waals surface area contributed by atoms with Gasteiger partial charge in [-0.05, 0) is 37.1 Å². The molecule has 2 rings (SSSR count). The third-order valence-corrected chi connectivity index (χ3v) is 2.14. The summed E-state index contributed by atoms with van der Waals surface area (Å²) < 4.78 is 0. The molecule has 0 aliphatic heterocycles. The zero-order chi connectivity index (χ0) is 8.55. The number of Topliss-reactive ketones (excluding diaryl/α,β-unsaturated/α-hetero) is 1. The van der Waals surface area contributed by atoms with Crippen LogP contribution >= 0.6 is 0 Å². The number of hydrogen-bond acceptors (Lipinski definition) is 2. The van der Waals surface area contributed by atoms with Crippen LogP contribution < -0.4 is 5.73 Å². The number of anilines is 1. The number of nitrogen functional groups attached to an aromatic ring is 1.